The van der Waals surface area contributed by atoms with Gasteiger partial charge in [-0.25, -0.2) is 0 Å². The van der Waals surface area contributed by atoms with E-state index in [-0.39, 0.29) is 0 Å². The lowest BCUT2D eigenvalue weighted by Crippen LogP contribution is -2.36. The molecule has 1 aromatic carbocycles. The summed E-state index contributed by atoms with van der Waals surface area (Å²) in [5.41, 5.74) is 7.80. The van der Waals surface area contributed by atoms with Crippen LogP contribution >= 0.6 is 0 Å². The Balaban J connectivity index is 1.81. The Morgan fingerprint density at radius 1 is 1.00 bits per heavy atom. The largest absolute Gasteiger partial charge is 0.296 e. The molecule has 2 heteroatoms. The van der Waals surface area contributed by atoms with Crippen molar-refractivity contribution >= 4 is 0 Å². The van der Waals surface area contributed by atoms with E-state index >= 15 is 0 Å². The molecule has 2 nitrogen and oxygen atoms in total. The van der Waals surface area contributed by atoms with Gasteiger partial charge in [-0.1, -0.05) is 26.2 Å². The van der Waals surface area contributed by atoms with Crippen LogP contribution in [-0.2, 0) is 6.54 Å². The van der Waals surface area contributed by atoms with E-state index in [2.05, 4.69) is 61.8 Å². The molecule has 0 aliphatic heterocycles. The van der Waals surface area contributed by atoms with Crippen molar-refractivity contribution in [1.29, 1.82) is 0 Å². The summed E-state index contributed by atoms with van der Waals surface area (Å²) in [6.07, 6.45) is 8.91. The summed E-state index contributed by atoms with van der Waals surface area (Å²) in [6.45, 7) is 11.0. The molecule has 3 rings (SSSR count). The second-order valence-electron chi connectivity index (χ2n) is 7.64. The average molecular weight is 337 g/mol. The van der Waals surface area contributed by atoms with Crippen molar-refractivity contribution in [3.8, 4) is 11.3 Å². The van der Waals surface area contributed by atoms with Gasteiger partial charge in [-0.05, 0) is 86.7 Å². The van der Waals surface area contributed by atoms with Gasteiger partial charge in [0, 0.05) is 24.3 Å². The standard InChI is InChI=1S/C23H32N2/c1-5-25(22-9-7-6-8-10-22)16-20-11-12-24-23(15-20)21-13-17(2)19(4)18(3)14-21/h11-15,22H,5-10,16H2,1-4H3. The Labute approximate surface area is 153 Å². The third kappa shape index (κ3) is 4.30. The number of aromatic nitrogens is 1. The van der Waals surface area contributed by atoms with Gasteiger partial charge in [0.15, 0.2) is 0 Å². The van der Waals surface area contributed by atoms with Gasteiger partial charge in [0.05, 0.1) is 5.69 Å². The van der Waals surface area contributed by atoms with Gasteiger partial charge in [-0.3, -0.25) is 9.88 Å². The maximum atomic E-state index is 4.65. The molecule has 1 aliphatic rings. The van der Waals surface area contributed by atoms with E-state index in [1.165, 1.54) is 59.9 Å². The first-order chi connectivity index (χ1) is 12.1. The third-order valence-corrected chi connectivity index (χ3v) is 5.93. The van der Waals surface area contributed by atoms with E-state index in [0.29, 0.717) is 0 Å². The molecule has 1 heterocycles. The number of pyridine rings is 1. The Hall–Kier alpha value is -1.67. The molecule has 1 fully saturated rings. The number of aryl methyl sites for hydroxylation is 2. The van der Waals surface area contributed by atoms with Crippen molar-refractivity contribution in [2.45, 2.75) is 72.4 Å². The van der Waals surface area contributed by atoms with Gasteiger partial charge < -0.3 is 0 Å². The quantitative estimate of drug-likeness (QED) is 0.683. The molecule has 1 aromatic heterocycles. The fourth-order valence-electron chi connectivity index (χ4n) is 4.09. The third-order valence-electron chi connectivity index (χ3n) is 5.93. The van der Waals surface area contributed by atoms with Crippen molar-refractivity contribution in [2.24, 2.45) is 0 Å². The molecule has 0 spiro atoms. The monoisotopic (exact) mass is 336 g/mol. The second kappa shape index (κ2) is 8.14. The summed E-state index contributed by atoms with van der Waals surface area (Å²) in [6, 6.07) is 9.78. The highest BCUT2D eigenvalue weighted by atomic mass is 15.1. The fraction of sp³-hybridized carbons (Fsp3) is 0.522. The fourth-order valence-corrected chi connectivity index (χ4v) is 4.09. The minimum absolute atomic E-state index is 0.763. The van der Waals surface area contributed by atoms with Crippen molar-refractivity contribution in [2.75, 3.05) is 6.54 Å². The van der Waals surface area contributed by atoms with E-state index in [0.717, 1.165) is 24.8 Å². The van der Waals surface area contributed by atoms with Crippen LogP contribution in [0.2, 0.25) is 0 Å². The lowest BCUT2D eigenvalue weighted by atomic mass is 9.93. The summed E-state index contributed by atoms with van der Waals surface area (Å²) >= 11 is 0. The predicted molar refractivity (Wildman–Crippen MR) is 107 cm³/mol. The highest BCUT2D eigenvalue weighted by Crippen LogP contribution is 2.26. The van der Waals surface area contributed by atoms with Gasteiger partial charge in [-0.15, -0.1) is 0 Å². The molecule has 25 heavy (non-hydrogen) atoms. The zero-order valence-corrected chi connectivity index (χ0v) is 16.3. The lowest BCUT2D eigenvalue weighted by Gasteiger charge is -2.33. The smallest absolute Gasteiger partial charge is 0.0705 e. The summed E-state index contributed by atoms with van der Waals surface area (Å²) in [4.78, 5) is 7.31. The molecule has 0 N–H and O–H groups in total. The molecule has 1 aliphatic carbocycles. The van der Waals surface area contributed by atoms with E-state index in [9.17, 15) is 0 Å². The van der Waals surface area contributed by atoms with Crippen LogP contribution in [0.1, 0.15) is 61.3 Å². The molecule has 0 saturated heterocycles. The van der Waals surface area contributed by atoms with Crippen LogP contribution in [0.4, 0.5) is 0 Å². The topological polar surface area (TPSA) is 16.1 Å². The maximum absolute atomic E-state index is 4.65. The number of rotatable bonds is 5. The Morgan fingerprint density at radius 2 is 1.68 bits per heavy atom. The Bertz CT molecular complexity index is 691. The summed E-state index contributed by atoms with van der Waals surface area (Å²) in [5, 5.41) is 0. The SMILES string of the molecule is CCN(Cc1ccnc(-c2cc(C)c(C)c(C)c2)c1)C1CCCCC1. The van der Waals surface area contributed by atoms with Crippen molar-refractivity contribution < 1.29 is 0 Å². The van der Waals surface area contributed by atoms with Gasteiger partial charge in [0.1, 0.15) is 0 Å². The second-order valence-corrected chi connectivity index (χ2v) is 7.64. The first-order valence-corrected chi connectivity index (χ1v) is 9.85. The van der Waals surface area contributed by atoms with Crippen LogP contribution in [0.3, 0.4) is 0 Å². The van der Waals surface area contributed by atoms with Crippen LogP contribution < -0.4 is 0 Å². The highest BCUT2D eigenvalue weighted by molar-refractivity contribution is 5.63. The molecular weight excluding hydrogens is 304 g/mol. The van der Waals surface area contributed by atoms with Crippen LogP contribution in [0.25, 0.3) is 11.3 Å². The molecule has 0 radical (unpaired) electrons. The number of benzene rings is 1. The summed E-state index contributed by atoms with van der Waals surface area (Å²) in [7, 11) is 0. The first kappa shape index (κ1) is 18.1. The summed E-state index contributed by atoms with van der Waals surface area (Å²) in [5.74, 6) is 0. The molecule has 0 amide bonds. The Morgan fingerprint density at radius 3 is 2.32 bits per heavy atom. The molecule has 0 atom stereocenters. The van der Waals surface area contributed by atoms with Crippen LogP contribution in [0.5, 0.6) is 0 Å². The van der Waals surface area contributed by atoms with E-state index < -0.39 is 0 Å². The van der Waals surface area contributed by atoms with Crippen molar-refractivity contribution in [3.63, 3.8) is 0 Å². The molecule has 2 aromatic rings. The van der Waals surface area contributed by atoms with E-state index in [4.69, 9.17) is 0 Å². The zero-order valence-electron chi connectivity index (χ0n) is 16.3. The maximum Gasteiger partial charge on any atom is 0.0705 e. The van der Waals surface area contributed by atoms with Gasteiger partial charge >= 0.3 is 0 Å². The van der Waals surface area contributed by atoms with Crippen molar-refractivity contribution in [1.82, 2.24) is 9.88 Å². The van der Waals surface area contributed by atoms with Crippen LogP contribution in [0.15, 0.2) is 30.5 Å². The van der Waals surface area contributed by atoms with Gasteiger partial charge in [-0.2, -0.15) is 0 Å². The molecule has 134 valence electrons. The average Bonchev–Trinajstić information content (AvgIpc) is 2.64. The highest BCUT2D eigenvalue weighted by Gasteiger charge is 2.20. The molecule has 0 unspecified atom stereocenters. The van der Waals surface area contributed by atoms with Gasteiger partial charge in [0.2, 0.25) is 0 Å². The minimum atomic E-state index is 0.763. The summed E-state index contributed by atoms with van der Waals surface area (Å²) < 4.78 is 0. The van der Waals surface area contributed by atoms with Crippen LogP contribution in [-0.4, -0.2) is 22.5 Å². The Kier molecular flexibility index (Phi) is 5.90. The number of hydrogen-bond acceptors (Lipinski definition) is 2. The molecule has 0 bridgehead atoms. The van der Waals surface area contributed by atoms with Crippen molar-refractivity contribution in [3.05, 3.63) is 52.7 Å². The molecule has 1 saturated carbocycles. The zero-order chi connectivity index (χ0) is 17.8. The minimum Gasteiger partial charge on any atom is -0.296 e. The normalized spacial score (nSPS) is 15.7. The lowest BCUT2D eigenvalue weighted by molar-refractivity contribution is 0.156. The first-order valence-electron chi connectivity index (χ1n) is 9.85. The number of nitrogens with zero attached hydrogens (tertiary/aromatic N) is 2. The number of hydrogen-bond donors (Lipinski definition) is 0. The molecular formula is C23H32N2. The predicted octanol–water partition coefficient (Wildman–Crippen LogP) is 5.83. The van der Waals surface area contributed by atoms with Gasteiger partial charge in [0.25, 0.3) is 0 Å². The van der Waals surface area contributed by atoms with Crippen LogP contribution in [0, 0.1) is 20.8 Å². The van der Waals surface area contributed by atoms with E-state index in [1.807, 2.05) is 6.20 Å². The van der Waals surface area contributed by atoms with E-state index in [1.54, 1.807) is 0 Å².